The molecule has 0 atom stereocenters. The summed E-state index contributed by atoms with van der Waals surface area (Å²) < 4.78 is 70.8. The zero-order valence-electron chi connectivity index (χ0n) is 63.0. The van der Waals surface area contributed by atoms with Gasteiger partial charge in [-0.2, -0.15) is 20.2 Å². The lowest BCUT2D eigenvalue weighted by Gasteiger charge is -2.26. The first-order valence-electron chi connectivity index (χ1n) is 38.5. The number of anilines is 2. The van der Waals surface area contributed by atoms with Crippen LogP contribution in [0.2, 0.25) is 0 Å². The maximum absolute atomic E-state index is 14.4. The van der Waals surface area contributed by atoms with Crippen molar-refractivity contribution < 1.29 is 85.0 Å². The lowest BCUT2D eigenvalue weighted by atomic mass is 9.82. The number of para-hydroxylation sites is 4. The van der Waals surface area contributed by atoms with Crippen molar-refractivity contribution in [1.29, 1.82) is 0 Å². The topological polar surface area (TPSA) is 278 Å². The number of rotatable bonds is 45. The molecule has 6 aromatic carbocycles. The van der Waals surface area contributed by atoms with Gasteiger partial charge in [-0.15, -0.1) is 0 Å². The number of oxazole rings is 2. The van der Waals surface area contributed by atoms with Gasteiger partial charge in [-0.05, 0) is 224 Å². The van der Waals surface area contributed by atoms with Crippen LogP contribution < -0.4 is 38.4 Å². The molecule has 0 N–H and O–H groups in total. The van der Waals surface area contributed by atoms with Crippen LogP contribution in [0.5, 0.6) is 34.5 Å². The molecule has 0 bridgehead atoms. The predicted molar refractivity (Wildman–Crippen MR) is 418 cm³/mol. The fraction of sp³-hybridized carbons (Fsp3) is 0.419. The Morgan fingerprint density at radius 1 is 0.418 bits per heavy atom. The minimum Gasteiger partial charge on any atom is -0.494 e. The van der Waals surface area contributed by atoms with Gasteiger partial charge in [0, 0.05) is 36.5 Å². The number of esters is 6. The lowest BCUT2D eigenvalue weighted by Crippen LogP contribution is -2.30. The molecular weight excluding hydrogens is 1400 g/mol. The third kappa shape index (κ3) is 25.6. The average Bonchev–Trinajstić information content (AvgIpc) is 0.893. The molecule has 8 aromatic rings. The maximum Gasteiger partial charge on any atom is 0.330 e. The Bertz CT molecular complexity index is 4000. The fourth-order valence-corrected chi connectivity index (χ4v) is 12.5. The number of benzene rings is 6. The van der Waals surface area contributed by atoms with Gasteiger partial charge in [-0.3, -0.25) is 19.2 Å². The molecule has 2 heterocycles. The molecule has 0 spiro atoms. The van der Waals surface area contributed by atoms with Crippen molar-refractivity contribution in [2.75, 3.05) is 76.0 Å². The Hall–Kier alpha value is -11.0. The monoisotopic (exact) mass is 1500 g/mol. The normalized spacial score (nSPS) is 15.6. The molecule has 24 heteroatoms. The molecule has 0 saturated heterocycles. The average molecular weight is 1510 g/mol. The smallest absolute Gasteiger partial charge is 0.330 e. The first-order valence-corrected chi connectivity index (χ1v) is 38.5. The van der Waals surface area contributed by atoms with E-state index in [1.807, 2.05) is 72.8 Å². The van der Waals surface area contributed by atoms with Gasteiger partial charge >= 0.3 is 47.8 Å². The Labute approximate surface area is 642 Å². The molecule has 0 unspecified atom stereocenters. The number of hydrogen-bond acceptors (Lipinski definition) is 24. The van der Waals surface area contributed by atoms with Crippen molar-refractivity contribution in [3.05, 3.63) is 170 Å². The number of aromatic nitrogens is 2. The second-order valence-electron chi connectivity index (χ2n) is 27.1. The number of hydrazone groups is 2. The van der Waals surface area contributed by atoms with Gasteiger partial charge in [0.2, 0.25) is 0 Å². The van der Waals surface area contributed by atoms with Crippen molar-refractivity contribution in [2.45, 2.75) is 142 Å². The van der Waals surface area contributed by atoms with Gasteiger partial charge in [-0.1, -0.05) is 76.2 Å². The van der Waals surface area contributed by atoms with E-state index in [9.17, 15) is 28.8 Å². The number of fused-ring (bicyclic) bond motifs is 2. The number of unbranched alkanes of at least 4 members (excludes halogenated alkanes) is 8. The van der Waals surface area contributed by atoms with Gasteiger partial charge in [0.1, 0.15) is 45.5 Å². The summed E-state index contributed by atoms with van der Waals surface area (Å²) in [5.41, 5.74) is 4.63. The van der Waals surface area contributed by atoms with E-state index < -0.39 is 47.5 Å². The third-order valence-corrected chi connectivity index (χ3v) is 18.9. The predicted octanol–water partition coefficient (Wildman–Crippen LogP) is 16.9. The van der Waals surface area contributed by atoms with Gasteiger partial charge in [-0.25, -0.2) is 19.6 Å². The molecule has 2 fully saturated rings. The number of nitrogens with zero attached hydrogens (tertiary/aromatic N) is 6. The van der Waals surface area contributed by atoms with E-state index in [1.165, 1.54) is 0 Å². The molecule has 2 aliphatic rings. The molecule has 2 saturated carbocycles. The second-order valence-corrected chi connectivity index (χ2v) is 27.1. The first-order chi connectivity index (χ1) is 53.8. The van der Waals surface area contributed by atoms with E-state index in [1.54, 1.807) is 83.1 Å². The van der Waals surface area contributed by atoms with Gasteiger partial charge < -0.3 is 56.2 Å². The van der Waals surface area contributed by atoms with Gasteiger partial charge in [0.15, 0.2) is 11.2 Å². The summed E-state index contributed by atoms with van der Waals surface area (Å²) in [5, 5.41) is 13.1. The molecule has 2 aromatic heterocycles. The number of hydrogen-bond donors (Lipinski definition) is 0. The zero-order valence-corrected chi connectivity index (χ0v) is 63.0. The van der Waals surface area contributed by atoms with Crippen LogP contribution in [0, 0.1) is 23.7 Å². The largest absolute Gasteiger partial charge is 0.494 e. The zero-order chi connectivity index (χ0) is 77.1. The van der Waals surface area contributed by atoms with E-state index in [0.29, 0.717) is 172 Å². The van der Waals surface area contributed by atoms with Crippen LogP contribution in [-0.2, 0) is 47.7 Å². The number of ether oxygens (including phenoxy) is 10. The summed E-state index contributed by atoms with van der Waals surface area (Å²) in [5.74, 6) is -1.88. The molecule has 110 heavy (non-hydrogen) atoms. The molecule has 0 aliphatic heterocycles. The van der Waals surface area contributed by atoms with Crippen LogP contribution in [0.15, 0.2) is 178 Å². The van der Waals surface area contributed by atoms with Crippen LogP contribution in [0.3, 0.4) is 0 Å². The van der Waals surface area contributed by atoms with Crippen molar-refractivity contribution in [3.8, 4) is 45.6 Å². The minimum atomic E-state index is -0.522. The van der Waals surface area contributed by atoms with Crippen molar-refractivity contribution >= 4 is 82.5 Å². The Kier molecular flexibility index (Phi) is 32.5. The summed E-state index contributed by atoms with van der Waals surface area (Å²) in [6.45, 7) is 15.0. The van der Waals surface area contributed by atoms with Crippen LogP contribution in [0.4, 0.5) is 12.0 Å². The van der Waals surface area contributed by atoms with Crippen molar-refractivity contribution in [2.24, 2.45) is 33.9 Å². The van der Waals surface area contributed by atoms with E-state index in [4.69, 9.17) is 76.4 Å². The SMILES string of the molecule is C=CC(=O)OCCCCCCOc1ccc(OC(=O)C2CCC(C(=O)Oc3ccc(-c4ccc(OC(=O)C5CCC(C(=O)Oc6ccc(OCCCCCCOC(=O)C=C)cc6)CC5)c(/C=N/N(CCOCCCC)c5nc6ccccc6o5)c4)cc3/C=N/N(CCOCCCC)c3nc4ccccc4o3)CC2)cc1. The minimum absolute atomic E-state index is 0.227. The first kappa shape index (κ1) is 81.5. The van der Waals surface area contributed by atoms with Crippen molar-refractivity contribution in [1.82, 2.24) is 9.97 Å². The lowest BCUT2D eigenvalue weighted by molar-refractivity contribution is -0.145. The van der Waals surface area contributed by atoms with E-state index >= 15 is 0 Å². The maximum atomic E-state index is 14.4. The van der Waals surface area contributed by atoms with Crippen molar-refractivity contribution in [3.63, 3.8) is 0 Å². The molecule has 10 rings (SSSR count). The Balaban J connectivity index is 0.850. The summed E-state index contributed by atoms with van der Waals surface area (Å²) in [7, 11) is 0. The van der Waals surface area contributed by atoms with E-state index in [-0.39, 0.29) is 48.6 Å². The summed E-state index contributed by atoms with van der Waals surface area (Å²) in [6.07, 6.45) is 19.2. The van der Waals surface area contributed by atoms with Crippen LogP contribution in [0.25, 0.3) is 33.3 Å². The van der Waals surface area contributed by atoms with E-state index in [2.05, 4.69) is 27.0 Å². The standard InChI is InChI=1S/C86H100N6O18/c1-5-9-49-99-55-47-91(85-89-73-23-15-17-25-77(73)109-85)87-59-67-57-65(35-45-75(67)107-83(97)63-31-27-61(28-32-63)81(95)105-71-41-37-69(38-42-71)101-51-19-11-13-21-53-103-79(93)7-3)66-36-46-76(68(58-66)60-88-92(48-56-100-50-10-6-2)86-90-74-24-16-18-26-78(74)110-86)108-84(98)64-33-29-62(30-34-64)82(96)106-72-43-39-70(40-44-72)102-52-20-12-14-22-54-104-80(94)8-4/h7-8,15-18,23-26,35-46,57-64H,3-6,9-14,19-22,27-34,47-56H2,1-2H3/b87-59+,88-60+. The Morgan fingerprint density at radius 2 is 0.773 bits per heavy atom. The van der Waals surface area contributed by atoms with Gasteiger partial charge in [0.05, 0.1) is 88.8 Å². The van der Waals surface area contributed by atoms with Crippen LogP contribution >= 0.6 is 0 Å². The van der Waals surface area contributed by atoms with Gasteiger partial charge in [0.25, 0.3) is 0 Å². The highest BCUT2D eigenvalue weighted by Gasteiger charge is 2.35. The highest BCUT2D eigenvalue weighted by Crippen LogP contribution is 2.37. The highest BCUT2D eigenvalue weighted by atomic mass is 16.6. The number of carbonyl (C=O) groups is 6. The summed E-state index contributed by atoms with van der Waals surface area (Å²) in [4.78, 5) is 88.1. The van der Waals surface area contributed by atoms with Crippen LogP contribution in [0.1, 0.15) is 153 Å². The highest BCUT2D eigenvalue weighted by molar-refractivity contribution is 5.92. The number of carbonyl (C=O) groups excluding carboxylic acids is 6. The second kappa shape index (κ2) is 43.9. The molecular formula is C86H100N6O18. The fourth-order valence-electron chi connectivity index (χ4n) is 12.5. The van der Waals surface area contributed by atoms with E-state index in [0.717, 1.165) is 89.2 Å². The molecule has 2 aliphatic carbocycles. The molecule has 24 nitrogen and oxygen atoms in total. The Morgan fingerprint density at radius 3 is 1.14 bits per heavy atom. The third-order valence-electron chi connectivity index (χ3n) is 18.9. The molecule has 0 amide bonds. The molecule has 582 valence electrons. The molecule has 0 radical (unpaired) electrons. The van der Waals surface area contributed by atoms with Crippen LogP contribution in [-0.4, -0.2) is 124 Å². The quantitative estimate of drug-likeness (QED) is 0.00856. The summed E-state index contributed by atoms with van der Waals surface area (Å²) >= 11 is 0. The summed E-state index contributed by atoms with van der Waals surface area (Å²) in [6, 6.07) is 40.0.